The van der Waals surface area contributed by atoms with Crippen LogP contribution in [0.4, 0.5) is 13.2 Å². The number of alkyl halides is 3. The highest BCUT2D eigenvalue weighted by atomic mass is 19.4. The summed E-state index contributed by atoms with van der Waals surface area (Å²) < 4.78 is 36.7. The number of amides is 1. The molecule has 0 radical (unpaired) electrons. The van der Waals surface area contributed by atoms with Gasteiger partial charge >= 0.3 is 6.18 Å². The van der Waals surface area contributed by atoms with E-state index in [1.54, 1.807) is 0 Å². The summed E-state index contributed by atoms with van der Waals surface area (Å²) in [6.07, 6.45) is -3.52. The van der Waals surface area contributed by atoms with Crippen LogP contribution in [0.5, 0.6) is 0 Å². The molecular weight excluding hydrogens is 253 g/mol. The van der Waals surface area contributed by atoms with Crippen molar-refractivity contribution >= 4 is 5.91 Å². The zero-order chi connectivity index (χ0) is 13.8. The summed E-state index contributed by atoms with van der Waals surface area (Å²) in [5.74, 6) is -0.905. The molecule has 1 heterocycles. The number of hydrogen-bond donors (Lipinski definition) is 2. The van der Waals surface area contributed by atoms with Crippen molar-refractivity contribution in [2.24, 2.45) is 0 Å². The van der Waals surface area contributed by atoms with Crippen molar-refractivity contribution in [2.45, 2.75) is 6.18 Å². The number of nitrogens with zero attached hydrogens (tertiary/aromatic N) is 1. The Labute approximate surface area is 99.8 Å². The molecule has 100 valence electrons. The molecule has 2 N–H and O–H groups in total. The third-order valence-corrected chi connectivity index (χ3v) is 2.06. The fourth-order valence-electron chi connectivity index (χ4n) is 1.32. The zero-order valence-electron chi connectivity index (χ0n) is 9.20. The quantitative estimate of drug-likeness (QED) is 0.825. The Hall–Kier alpha value is -1.83. The molecule has 0 aliphatic heterocycles. The Morgan fingerprint density at radius 2 is 2.06 bits per heavy atom. The number of aromatic amines is 1. The molecule has 0 unspecified atom stereocenters. The number of aromatic nitrogens is 1. The predicted molar refractivity (Wildman–Crippen MR) is 56.1 cm³/mol. The Bertz CT molecular complexity index is 450. The van der Waals surface area contributed by atoms with Crippen LogP contribution in [0.1, 0.15) is 10.4 Å². The second-order valence-electron chi connectivity index (χ2n) is 3.51. The third kappa shape index (κ3) is 4.21. The Kier molecular flexibility index (Phi) is 4.49. The maximum Gasteiger partial charge on any atom is 0.406 e. The molecule has 0 saturated carbocycles. The summed E-state index contributed by atoms with van der Waals surface area (Å²) in [5.41, 5.74) is -0.539. The molecule has 0 saturated heterocycles. The molecule has 1 rings (SSSR count). The van der Waals surface area contributed by atoms with Crippen LogP contribution >= 0.6 is 0 Å². The number of rotatable bonds is 4. The predicted octanol–water partition coefficient (Wildman–Crippen LogP) is 0.372. The summed E-state index contributed by atoms with van der Waals surface area (Å²) in [6.45, 7) is -2.46. The largest absolute Gasteiger partial charge is 0.406 e. The number of aliphatic hydroxyl groups is 1. The van der Waals surface area contributed by atoms with Crippen LogP contribution in [0.15, 0.2) is 23.1 Å². The number of aliphatic hydroxyl groups excluding tert-OH is 1. The van der Waals surface area contributed by atoms with Gasteiger partial charge in [0.25, 0.3) is 5.91 Å². The molecular formula is C10H11F3N2O3. The van der Waals surface area contributed by atoms with E-state index in [1.165, 1.54) is 0 Å². The van der Waals surface area contributed by atoms with E-state index in [9.17, 15) is 22.8 Å². The number of pyridine rings is 1. The molecule has 0 fully saturated rings. The first-order valence-corrected chi connectivity index (χ1v) is 4.99. The minimum Gasteiger partial charge on any atom is -0.395 e. The lowest BCUT2D eigenvalue weighted by Crippen LogP contribution is -2.40. The average molecular weight is 264 g/mol. The van der Waals surface area contributed by atoms with Crippen molar-refractivity contribution in [1.82, 2.24) is 9.88 Å². The lowest BCUT2D eigenvalue weighted by molar-refractivity contribution is -0.141. The van der Waals surface area contributed by atoms with Crippen LogP contribution in [0.25, 0.3) is 0 Å². The van der Waals surface area contributed by atoms with E-state index in [0.717, 1.165) is 18.3 Å². The molecule has 1 aromatic rings. The fourth-order valence-corrected chi connectivity index (χ4v) is 1.32. The van der Waals surface area contributed by atoms with Crippen LogP contribution in [0, 0.1) is 0 Å². The van der Waals surface area contributed by atoms with Gasteiger partial charge in [-0.15, -0.1) is 0 Å². The van der Waals surface area contributed by atoms with Crippen molar-refractivity contribution in [3.63, 3.8) is 0 Å². The highest BCUT2D eigenvalue weighted by molar-refractivity contribution is 5.93. The highest BCUT2D eigenvalue weighted by Gasteiger charge is 2.33. The van der Waals surface area contributed by atoms with E-state index >= 15 is 0 Å². The minimum absolute atomic E-state index is 0.0766. The molecule has 0 aromatic carbocycles. The van der Waals surface area contributed by atoms with Gasteiger partial charge in [-0.25, -0.2) is 0 Å². The summed E-state index contributed by atoms with van der Waals surface area (Å²) >= 11 is 0. The van der Waals surface area contributed by atoms with Gasteiger partial charge in [0, 0.05) is 18.8 Å². The van der Waals surface area contributed by atoms with Gasteiger partial charge in [0.15, 0.2) is 0 Å². The average Bonchev–Trinajstić information content (AvgIpc) is 2.27. The normalized spacial score (nSPS) is 11.3. The Morgan fingerprint density at radius 3 is 2.50 bits per heavy atom. The number of carbonyl (C=O) groups is 1. The van der Waals surface area contributed by atoms with E-state index in [2.05, 4.69) is 4.98 Å². The van der Waals surface area contributed by atoms with Gasteiger partial charge in [-0.1, -0.05) is 0 Å². The van der Waals surface area contributed by atoms with Gasteiger partial charge in [0.2, 0.25) is 5.56 Å². The first-order valence-electron chi connectivity index (χ1n) is 4.99. The van der Waals surface area contributed by atoms with Crippen LogP contribution in [0.2, 0.25) is 0 Å². The highest BCUT2D eigenvalue weighted by Crippen LogP contribution is 2.17. The van der Waals surface area contributed by atoms with Crippen LogP contribution in [-0.2, 0) is 0 Å². The van der Waals surface area contributed by atoms with Crippen LogP contribution in [-0.4, -0.2) is 46.8 Å². The van der Waals surface area contributed by atoms with E-state index < -0.39 is 37.3 Å². The number of nitrogens with one attached hydrogen (secondary N) is 1. The summed E-state index contributed by atoms with van der Waals surface area (Å²) in [4.78, 5) is 25.1. The van der Waals surface area contributed by atoms with E-state index in [-0.39, 0.29) is 5.56 Å². The molecule has 18 heavy (non-hydrogen) atoms. The summed E-state index contributed by atoms with van der Waals surface area (Å²) in [5, 5.41) is 8.65. The number of hydrogen-bond acceptors (Lipinski definition) is 3. The summed E-state index contributed by atoms with van der Waals surface area (Å²) in [6, 6.07) is 2.17. The lowest BCUT2D eigenvalue weighted by atomic mass is 10.2. The fraction of sp³-hybridized carbons (Fsp3) is 0.400. The second-order valence-corrected chi connectivity index (χ2v) is 3.51. The number of H-pyrrole nitrogens is 1. The third-order valence-electron chi connectivity index (χ3n) is 2.06. The van der Waals surface area contributed by atoms with Crippen molar-refractivity contribution < 1.29 is 23.1 Å². The molecule has 1 amide bonds. The maximum absolute atomic E-state index is 12.2. The smallest absolute Gasteiger partial charge is 0.395 e. The van der Waals surface area contributed by atoms with Crippen molar-refractivity contribution in [3.8, 4) is 0 Å². The van der Waals surface area contributed by atoms with Gasteiger partial charge in [-0.05, 0) is 6.07 Å². The SMILES string of the molecule is O=C(c1ccc(=O)[nH]c1)N(CCO)CC(F)(F)F. The second kappa shape index (κ2) is 5.67. The minimum atomic E-state index is -4.55. The lowest BCUT2D eigenvalue weighted by Gasteiger charge is -2.22. The summed E-state index contributed by atoms with van der Waals surface area (Å²) in [7, 11) is 0. The standard InChI is InChI=1S/C10H11F3N2O3/c11-10(12,13)6-15(3-4-16)9(18)7-1-2-8(17)14-5-7/h1-2,5,16H,3-4,6H2,(H,14,17). The van der Waals surface area contributed by atoms with Gasteiger partial charge in [-0.2, -0.15) is 13.2 Å². The molecule has 0 spiro atoms. The molecule has 5 nitrogen and oxygen atoms in total. The van der Waals surface area contributed by atoms with Gasteiger partial charge in [0.1, 0.15) is 6.54 Å². The maximum atomic E-state index is 12.2. The molecule has 8 heteroatoms. The first kappa shape index (κ1) is 14.2. The molecule has 0 aliphatic rings. The van der Waals surface area contributed by atoms with Crippen molar-refractivity contribution in [1.29, 1.82) is 0 Å². The first-order chi connectivity index (χ1) is 8.33. The Balaban J connectivity index is 2.88. The zero-order valence-corrected chi connectivity index (χ0v) is 9.20. The Morgan fingerprint density at radius 1 is 1.39 bits per heavy atom. The number of carbonyl (C=O) groups excluding carboxylic acids is 1. The molecule has 0 bridgehead atoms. The monoisotopic (exact) mass is 264 g/mol. The van der Waals surface area contributed by atoms with Gasteiger partial charge in [0.05, 0.1) is 12.2 Å². The topological polar surface area (TPSA) is 73.4 Å². The van der Waals surface area contributed by atoms with Gasteiger partial charge in [-0.3, -0.25) is 9.59 Å². The number of halogens is 3. The van der Waals surface area contributed by atoms with Crippen molar-refractivity contribution in [3.05, 3.63) is 34.2 Å². The van der Waals surface area contributed by atoms with Gasteiger partial charge < -0.3 is 15.0 Å². The molecule has 0 aliphatic carbocycles. The molecule has 0 atom stereocenters. The van der Waals surface area contributed by atoms with Crippen molar-refractivity contribution in [2.75, 3.05) is 19.7 Å². The molecule has 1 aromatic heterocycles. The van der Waals surface area contributed by atoms with E-state index in [0.29, 0.717) is 4.90 Å². The van der Waals surface area contributed by atoms with E-state index in [1.807, 2.05) is 0 Å². The van der Waals surface area contributed by atoms with E-state index in [4.69, 9.17) is 5.11 Å². The van der Waals surface area contributed by atoms with Crippen LogP contribution in [0.3, 0.4) is 0 Å². The van der Waals surface area contributed by atoms with Crippen LogP contribution < -0.4 is 5.56 Å².